The number of likely N-dealkylation sites (tertiary alicyclic amines) is 2. The van der Waals surface area contributed by atoms with Gasteiger partial charge in [-0.2, -0.15) is 4.31 Å². The lowest BCUT2D eigenvalue weighted by molar-refractivity contribution is -0.138. The molecular weight excluding hydrogens is 497 g/mol. The maximum atomic E-state index is 13.4. The summed E-state index contributed by atoms with van der Waals surface area (Å²) in [6.45, 7) is 4.43. The van der Waals surface area contributed by atoms with Gasteiger partial charge < -0.3 is 14.5 Å². The Bertz CT molecular complexity index is 927. The molecule has 34 heavy (non-hydrogen) atoms. The summed E-state index contributed by atoms with van der Waals surface area (Å²) in [4.78, 5) is 17.2. The fourth-order valence-electron chi connectivity index (χ4n) is 5.44. The van der Waals surface area contributed by atoms with Gasteiger partial charge in [-0.15, -0.1) is 0 Å². The molecule has 190 valence electrons. The van der Waals surface area contributed by atoms with Crippen LogP contribution in [0.3, 0.4) is 0 Å². The molecule has 1 aromatic rings. The van der Waals surface area contributed by atoms with Gasteiger partial charge in [0.05, 0.1) is 16.7 Å². The maximum absolute atomic E-state index is 13.4. The predicted molar refractivity (Wildman–Crippen MR) is 134 cm³/mol. The maximum Gasteiger partial charge on any atom is 0.248 e. The van der Waals surface area contributed by atoms with Crippen molar-refractivity contribution in [2.75, 3.05) is 45.9 Å². The molecule has 7 nitrogen and oxygen atoms in total. The minimum absolute atomic E-state index is 0.0172. The van der Waals surface area contributed by atoms with Gasteiger partial charge in [0.1, 0.15) is 11.5 Å². The van der Waals surface area contributed by atoms with Crippen LogP contribution in [-0.4, -0.2) is 86.5 Å². The van der Waals surface area contributed by atoms with Gasteiger partial charge >= 0.3 is 0 Å². The van der Waals surface area contributed by atoms with E-state index in [0.717, 1.165) is 38.8 Å². The summed E-state index contributed by atoms with van der Waals surface area (Å²) in [5.41, 5.74) is 0. The number of piperidine rings is 3. The van der Waals surface area contributed by atoms with Crippen molar-refractivity contribution in [3.8, 4) is 0 Å². The lowest BCUT2D eigenvalue weighted by Crippen LogP contribution is -2.49. The number of ether oxygens (including phenoxy) is 1. The summed E-state index contributed by atoms with van der Waals surface area (Å²) < 4.78 is 34.0. The number of benzene rings is 1. The van der Waals surface area contributed by atoms with Crippen molar-refractivity contribution in [1.82, 2.24) is 14.1 Å². The molecule has 0 aromatic heterocycles. The summed E-state index contributed by atoms with van der Waals surface area (Å²) in [6.07, 6.45) is 8.27. The van der Waals surface area contributed by atoms with Crippen molar-refractivity contribution in [3.05, 3.63) is 28.2 Å². The zero-order chi connectivity index (χ0) is 24.1. The van der Waals surface area contributed by atoms with E-state index in [1.54, 1.807) is 6.07 Å². The number of hydrogen-bond acceptors (Lipinski definition) is 5. The van der Waals surface area contributed by atoms with Crippen LogP contribution in [0.1, 0.15) is 51.4 Å². The van der Waals surface area contributed by atoms with Crippen LogP contribution in [0.15, 0.2) is 23.1 Å². The molecule has 3 saturated heterocycles. The summed E-state index contributed by atoms with van der Waals surface area (Å²) in [7, 11) is -3.87. The van der Waals surface area contributed by atoms with Crippen molar-refractivity contribution < 1.29 is 17.9 Å². The first kappa shape index (κ1) is 26.2. The third-order valence-corrected chi connectivity index (χ3v) is 10.2. The van der Waals surface area contributed by atoms with Crippen LogP contribution in [0.2, 0.25) is 10.0 Å². The monoisotopic (exact) mass is 531 g/mol. The summed E-state index contributed by atoms with van der Waals surface area (Å²) >= 11 is 12.4. The molecule has 1 aromatic carbocycles. The summed E-state index contributed by atoms with van der Waals surface area (Å²) in [5, 5.41) is 0.224. The van der Waals surface area contributed by atoms with Gasteiger partial charge in [-0.3, -0.25) is 4.79 Å². The minimum Gasteiger partial charge on any atom is -0.370 e. The largest absolute Gasteiger partial charge is 0.370 e. The highest BCUT2D eigenvalue weighted by atomic mass is 35.5. The Morgan fingerprint density at radius 2 is 1.56 bits per heavy atom. The van der Waals surface area contributed by atoms with Crippen molar-refractivity contribution in [2.45, 2.75) is 68.3 Å². The van der Waals surface area contributed by atoms with Crippen LogP contribution in [0, 0.1) is 0 Å². The number of carbonyl (C=O) groups excluding carboxylic acids is 1. The van der Waals surface area contributed by atoms with Gasteiger partial charge in [-0.25, -0.2) is 8.42 Å². The van der Waals surface area contributed by atoms with Crippen LogP contribution < -0.4 is 0 Å². The van der Waals surface area contributed by atoms with Crippen molar-refractivity contribution in [1.29, 1.82) is 0 Å². The van der Waals surface area contributed by atoms with Crippen LogP contribution in [-0.2, 0) is 19.6 Å². The van der Waals surface area contributed by atoms with Gasteiger partial charge in [-0.05, 0) is 63.7 Å². The Hall–Kier alpha value is -0.900. The highest BCUT2D eigenvalue weighted by Crippen LogP contribution is 2.34. The van der Waals surface area contributed by atoms with E-state index in [2.05, 4.69) is 4.90 Å². The highest BCUT2D eigenvalue weighted by Gasteiger charge is 2.36. The van der Waals surface area contributed by atoms with Crippen LogP contribution in [0.4, 0.5) is 0 Å². The van der Waals surface area contributed by atoms with E-state index in [1.165, 1.54) is 48.8 Å². The van der Waals surface area contributed by atoms with E-state index in [-0.39, 0.29) is 40.1 Å². The van der Waals surface area contributed by atoms with E-state index in [9.17, 15) is 13.2 Å². The molecule has 3 aliphatic heterocycles. The van der Waals surface area contributed by atoms with Gasteiger partial charge in [-0.1, -0.05) is 42.1 Å². The number of carbonyl (C=O) groups is 1. The van der Waals surface area contributed by atoms with E-state index in [0.29, 0.717) is 19.0 Å². The van der Waals surface area contributed by atoms with Gasteiger partial charge in [0.15, 0.2) is 0 Å². The number of rotatable bonds is 7. The molecule has 1 atom stereocenters. The third kappa shape index (κ3) is 6.08. The molecule has 3 fully saturated rings. The smallest absolute Gasteiger partial charge is 0.248 e. The van der Waals surface area contributed by atoms with E-state index in [4.69, 9.17) is 27.9 Å². The molecule has 0 spiro atoms. The molecule has 1 unspecified atom stereocenters. The molecule has 10 heteroatoms. The molecule has 3 heterocycles. The quantitative estimate of drug-likeness (QED) is 0.531. The van der Waals surface area contributed by atoms with Gasteiger partial charge in [0.25, 0.3) is 0 Å². The standard InChI is InChI=1S/C24H35Cl2N3O4S/c25-21-8-6-9-22(26)24(21)34(31,32)29-14-5-2-7-20(29)17-33-18-23(30)28-15-10-19(11-16-28)27-12-3-1-4-13-27/h6,8-9,19-20H,1-5,7,10-18H2. The second-order valence-corrected chi connectivity index (χ2v) is 12.2. The van der Waals surface area contributed by atoms with E-state index in [1.807, 2.05) is 4.90 Å². The third-order valence-electron chi connectivity index (χ3n) is 7.32. The molecule has 3 aliphatic rings. The van der Waals surface area contributed by atoms with Crippen LogP contribution in [0.25, 0.3) is 0 Å². The average molecular weight is 533 g/mol. The molecule has 1 amide bonds. The number of halogens is 2. The molecule has 0 aliphatic carbocycles. The topological polar surface area (TPSA) is 70.2 Å². The molecule has 4 rings (SSSR count). The van der Waals surface area contributed by atoms with Crippen molar-refractivity contribution in [2.24, 2.45) is 0 Å². The van der Waals surface area contributed by atoms with Gasteiger partial charge in [0.2, 0.25) is 15.9 Å². The Labute approximate surface area is 213 Å². The molecular formula is C24H35Cl2N3O4S. The van der Waals surface area contributed by atoms with Crippen molar-refractivity contribution in [3.63, 3.8) is 0 Å². The Morgan fingerprint density at radius 1 is 0.912 bits per heavy atom. The average Bonchev–Trinajstić information content (AvgIpc) is 2.84. The lowest BCUT2D eigenvalue weighted by atomic mass is 10.00. The SMILES string of the molecule is O=C(COCC1CCCCN1S(=O)(=O)c1c(Cl)cccc1Cl)N1CCC(N2CCCCC2)CC1. The van der Waals surface area contributed by atoms with Crippen LogP contribution >= 0.6 is 23.2 Å². The molecule has 0 bridgehead atoms. The fraction of sp³-hybridized carbons (Fsp3) is 0.708. The fourth-order valence-corrected chi connectivity index (χ4v) is 8.21. The van der Waals surface area contributed by atoms with E-state index < -0.39 is 10.0 Å². The molecule has 0 radical (unpaired) electrons. The number of sulfonamides is 1. The normalized spacial score (nSPS) is 23.8. The molecule has 0 N–H and O–H groups in total. The highest BCUT2D eigenvalue weighted by molar-refractivity contribution is 7.89. The van der Waals surface area contributed by atoms with Crippen LogP contribution in [0.5, 0.6) is 0 Å². The molecule has 0 saturated carbocycles. The summed E-state index contributed by atoms with van der Waals surface area (Å²) in [5.74, 6) is -0.0172. The first-order valence-electron chi connectivity index (χ1n) is 12.4. The predicted octanol–water partition coefficient (Wildman–Crippen LogP) is 4.03. The first-order valence-corrected chi connectivity index (χ1v) is 14.6. The zero-order valence-corrected chi connectivity index (χ0v) is 22.0. The van der Waals surface area contributed by atoms with E-state index >= 15 is 0 Å². The lowest BCUT2D eigenvalue weighted by Gasteiger charge is -2.40. The Morgan fingerprint density at radius 3 is 2.24 bits per heavy atom. The summed E-state index contributed by atoms with van der Waals surface area (Å²) in [6, 6.07) is 4.93. The number of hydrogen-bond donors (Lipinski definition) is 0. The van der Waals surface area contributed by atoms with Gasteiger partial charge in [0, 0.05) is 31.7 Å². The zero-order valence-electron chi connectivity index (χ0n) is 19.6. The Balaban J connectivity index is 1.29. The Kier molecular flexibility index (Phi) is 9.15. The first-order chi connectivity index (χ1) is 16.4. The minimum atomic E-state index is -3.87. The number of amides is 1. The second-order valence-electron chi connectivity index (χ2n) is 9.54. The number of nitrogens with zero attached hydrogens (tertiary/aromatic N) is 3. The van der Waals surface area contributed by atoms with Crippen molar-refractivity contribution >= 4 is 39.1 Å². The second kappa shape index (κ2) is 11.9.